The van der Waals surface area contributed by atoms with Gasteiger partial charge in [-0.05, 0) is 12.1 Å². The summed E-state index contributed by atoms with van der Waals surface area (Å²) >= 11 is 0. The van der Waals surface area contributed by atoms with E-state index in [4.69, 9.17) is 10.5 Å². The molecule has 1 aliphatic heterocycles. The van der Waals surface area contributed by atoms with Crippen molar-refractivity contribution in [3.05, 3.63) is 29.8 Å². The average Bonchev–Trinajstić information content (AvgIpc) is 2.46. The third-order valence-corrected chi connectivity index (χ3v) is 3.16. The number of alkyl halides is 3. The van der Waals surface area contributed by atoms with Crippen LogP contribution in [0.3, 0.4) is 0 Å². The molecule has 8 heteroatoms. The van der Waals surface area contributed by atoms with Crippen LogP contribution in [0.1, 0.15) is 5.56 Å². The van der Waals surface area contributed by atoms with Gasteiger partial charge < -0.3 is 20.7 Å². The Morgan fingerprint density at radius 1 is 1.43 bits per heavy atom. The molecule has 21 heavy (non-hydrogen) atoms. The molecule has 1 heterocycles. The van der Waals surface area contributed by atoms with Crippen molar-refractivity contribution in [1.82, 2.24) is 4.90 Å². The molecule has 0 aliphatic carbocycles. The molecule has 1 atom stereocenters. The van der Waals surface area contributed by atoms with Gasteiger partial charge in [0.05, 0.1) is 24.0 Å². The molecular weight excluding hydrogens is 287 g/mol. The molecule has 0 radical (unpaired) electrons. The van der Waals surface area contributed by atoms with Crippen LogP contribution in [-0.2, 0) is 10.9 Å². The summed E-state index contributed by atoms with van der Waals surface area (Å²) in [6.45, 7) is 1.14. The molecule has 3 N–H and O–H groups in total. The van der Waals surface area contributed by atoms with Gasteiger partial charge >= 0.3 is 12.2 Å². The number of nitrogens with two attached hydrogens (primary N) is 1. The molecule has 2 rings (SSSR count). The van der Waals surface area contributed by atoms with E-state index in [1.165, 1.54) is 23.1 Å². The van der Waals surface area contributed by atoms with Gasteiger partial charge in [-0.2, -0.15) is 13.2 Å². The summed E-state index contributed by atoms with van der Waals surface area (Å²) in [6, 6.07) is 4.28. The molecule has 5 nitrogen and oxygen atoms in total. The fourth-order valence-corrected chi connectivity index (χ4v) is 2.08. The second kappa shape index (κ2) is 6.31. The minimum atomic E-state index is -4.52. The lowest BCUT2D eigenvalue weighted by Crippen LogP contribution is -2.49. The van der Waals surface area contributed by atoms with Crippen LogP contribution in [0.2, 0.25) is 0 Å². The smallest absolute Gasteiger partial charge is 0.373 e. The number of hydrogen-bond donors (Lipinski definition) is 2. The van der Waals surface area contributed by atoms with Gasteiger partial charge in [-0.1, -0.05) is 12.1 Å². The Kier molecular flexibility index (Phi) is 4.69. The highest BCUT2D eigenvalue weighted by Crippen LogP contribution is 2.34. The Labute approximate surface area is 119 Å². The molecule has 1 aromatic rings. The zero-order chi connectivity index (χ0) is 15.5. The number of halogens is 3. The molecule has 0 saturated carbocycles. The third-order valence-electron chi connectivity index (χ3n) is 3.16. The first-order valence-corrected chi connectivity index (χ1v) is 6.45. The van der Waals surface area contributed by atoms with E-state index in [0.29, 0.717) is 13.2 Å². The maximum Gasteiger partial charge on any atom is 0.418 e. The molecular formula is C13H16F3N3O2. The first-order valence-electron chi connectivity index (χ1n) is 6.45. The molecule has 2 amide bonds. The summed E-state index contributed by atoms with van der Waals surface area (Å²) in [6.07, 6.45) is -4.81. The first-order chi connectivity index (χ1) is 9.91. The van der Waals surface area contributed by atoms with Crippen molar-refractivity contribution >= 4 is 11.7 Å². The van der Waals surface area contributed by atoms with Crippen LogP contribution < -0.4 is 11.1 Å². The Balaban J connectivity index is 2.10. The van der Waals surface area contributed by atoms with E-state index in [-0.39, 0.29) is 24.9 Å². The minimum Gasteiger partial charge on any atom is -0.373 e. The van der Waals surface area contributed by atoms with Crippen LogP contribution in [0.5, 0.6) is 0 Å². The lowest BCUT2D eigenvalue weighted by atomic mass is 10.1. The minimum absolute atomic E-state index is 0.253. The molecule has 1 saturated heterocycles. The number of amides is 2. The Morgan fingerprint density at radius 2 is 2.14 bits per heavy atom. The monoisotopic (exact) mass is 303 g/mol. The van der Waals surface area contributed by atoms with Crippen LogP contribution in [0.4, 0.5) is 23.7 Å². The van der Waals surface area contributed by atoms with Crippen molar-refractivity contribution in [1.29, 1.82) is 0 Å². The van der Waals surface area contributed by atoms with Crippen LogP contribution in [0.15, 0.2) is 24.3 Å². The van der Waals surface area contributed by atoms with Crippen molar-refractivity contribution in [2.45, 2.75) is 12.3 Å². The normalized spacial score (nSPS) is 19.4. The number of carbonyl (C=O) groups excluding carboxylic acids is 1. The highest BCUT2D eigenvalue weighted by molar-refractivity contribution is 5.90. The number of morpholine rings is 1. The Hall–Kier alpha value is -1.80. The molecule has 0 spiro atoms. The number of urea groups is 1. The summed E-state index contributed by atoms with van der Waals surface area (Å²) in [4.78, 5) is 13.5. The number of para-hydroxylation sites is 1. The summed E-state index contributed by atoms with van der Waals surface area (Å²) in [5.41, 5.74) is 4.34. The van der Waals surface area contributed by atoms with Crippen LogP contribution in [0, 0.1) is 0 Å². The fourth-order valence-electron chi connectivity index (χ4n) is 2.08. The highest BCUT2D eigenvalue weighted by Gasteiger charge is 2.34. The van der Waals surface area contributed by atoms with Crippen molar-refractivity contribution in [2.75, 3.05) is 31.6 Å². The zero-order valence-corrected chi connectivity index (χ0v) is 11.2. The van der Waals surface area contributed by atoms with Gasteiger partial charge in [-0.25, -0.2) is 4.79 Å². The number of ether oxygens (including phenoxy) is 1. The lowest BCUT2D eigenvalue weighted by molar-refractivity contribution is -0.136. The average molecular weight is 303 g/mol. The first kappa shape index (κ1) is 15.6. The van der Waals surface area contributed by atoms with Crippen LogP contribution in [0.25, 0.3) is 0 Å². The quantitative estimate of drug-likeness (QED) is 0.877. The maximum absolute atomic E-state index is 12.9. The molecule has 1 fully saturated rings. The zero-order valence-electron chi connectivity index (χ0n) is 11.2. The standard InChI is InChI=1S/C13H16F3N3O2/c14-13(15,16)10-3-1-2-4-11(10)18-12(20)19-5-6-21-9(7-17)8-19/h1-4,9H,5-8,17H2,(H,18,20). The number of carbonyl (C=O) groups is 1. The third kappa shape index (κ3) is 3.85. The Morgan fingerprint density at radius 3 is 2.81 bits per heavy atom. The van der Waals surface area contributed by atoms with Gasteiger partial charge in [0.2, 0.25) is 0 Å². The molecule has 0 bridgehead atoms. The second-order valence-electron chi connectivity index (χ2n) is 4.65. The summed E-state index contributed by atoms with van der Waals surface area (Å²) in [5, 5.41) is 2.30. The molecule has 1 aromatic carbocycles. The van der Waals surface area contributed by atoms with Crippen molar-refractivity contribution in [3.8, 4) is 0 Å². The van der Waals surface area contributed by atoms with Crippen LogP contribution >= 0.6 is 0 Å². The van der Waals surface area contributed by atoms with Crippen LogP contribution in [-0.4, -0.2) is 43.3 Å². The van der Waals surface area contributed by atoms with Crippen molar-refractivity contribution < 1.29 is 22.7 Å². The van der Waals surface area contributed by atoms with Gasteiger partial charge in [-0.15, -0.1) is 0 Å². The second-order valence-corrected chi connectivity index (χ2v) is 4.65. The van der Waals surface area contributed by atoms with Crippen molar-refractivity contribution in [2.24, 2.45) is 5.73 Å². The summed E-state index contributed by atoms with van der Waals surface area (Å²) in [7, 11) is 0. The molecule has 1 unspecified atom stereocenters. The lowest BCUT2D eigenvalue weighted by Gasteiger charge is -2.32. The summed E-state index contributed by atoms with van der Waals surface area (Å²) < 4.78 is 43.9. The fraction of sp³-hybridized carbons (Fsp3) is 0.462. The van der Waals surface area contributed by atoms with E-state index in [1.54, 1.807) is 0 Å². The van der Waals surface area contributed by atoms with E-state index < -0.39 is 17.8 Å². The van der Waals surface area contributed by atoms with Crippen molar-refractivity contribution in [3.63, 3.8) is 0 Å². The molecule has 0 aromatic heterocycles. The predicted octanol–water partition coefficient (Wildman–Crippen LogP) is 1.90. The number of rotatable bonds is 2. The van der Waals surface area contributed by atoms with E-state index in [0.717, 1.165) is 6.07 Å². The van der Waals surface area contributed by atoms with Gasteiger partial charge in [0.1, 0.15) is 0 Å². The van der Waals surface area contributed by atoms with E-state index in [1.807, 2.05) is 0 Å². The maximum atomic E-state index is 12.9. The highest BCUT2D eigenvalue weighted by atomic mass is 19.4. The number of nitrogens with one attached hydrogen (secondary N) is 1. The van der Waals surface area contributed by atoms with E-state index in [2.05, 4.69) is 5.32 Å². The van der Waals surface area contributed by atoms with Gasteiger partial charge in [-0.3, -0.25) is 0 Å². The van der Waals surface area contributed by atoms with Gasteiger partial charge in [0.15, 0.2) is 0 Å². The number of benzene rings is 1. The molecule has 1 aliphatic rings. The van der Waals surface area contributed by atoms with E-state index >= 15 is 0 Å². The van der Waals surface area contributed by atoms with Gasteiger partial charge in [0, 0.05) is 19.6 Å². The topological polar surface area (TPSA) is 67.6 Å². The van der Waals surface area contributed by atoms with Gasteiger partial charge in [0.25, 0.3) is 0 Å². The van der Waals surface area contributed by atoms with E-state index in [9.17, 15) is 18.0 Å². The Bertz CT molecular complexity index is 508. The summed E-state index contributed by atoms with van der Waals surface area (Å²) in [5.74, 6) is 0. The predicted molar refractivity (Wildman–Crippen MR) is 70.8 cm³/mol. The number of hydrogen-bond acceptors (Lipinski definition) is 3. The SMILES string of the molecule is NCC1CN(C(=O)Nc2ccccc2C(F)(F)F)CCO1. The molecule has 116 valence electrons. The largest absolute Gasteiger partial charge is 0.418 e. The number of anilines is 1. The number of nitrogens with zero attached hydrogens (tertiary/aromatic N) is 1.